The Hall–Kier alpha value is -3.74. The van der Waals surface area contributed by atoms with Crippen molar-refractivity contribution in [3.05, 3.63) is 82.7 Å². The number of hydrogen-bond acceptors (Lipinski definition) is 4. The number of H-pyrrole nitrogens is 1. The third-order valence-electron chi connectivity index (χ3n) is 4.16. The number of benzene rings is 2. The van der Waals surface area contributed by atoms with Crippen LogP contribution in [-0.2, 0) is 0 Å². The maximum absolute atomic E-state index is 10.9. The molecule has 4 rings (SSSR count). The van der Waals surface area contributed by atoms with Gasteiger partial charge in [0.1, 0.15) is 5.69 Å². The van der Waals surface area contributed by atoms with Crippen LogP contribution in [0.1, 0.15) is 5.56 Å². The number of aromatic nitrogens is 4. The van der Waals surface area contributed by atoms with E-state index in [1.165, 1.54) is 17.7 Å². The van der Waals surface area contributed by atoms with Crippen LogP contribution in [0.4, 0.5) is 5.69 Å². The minimum atomic E-state index is -0.407. The molecule has 2 aromatic carbocycles. The standard InChI is InChI=1S/C19H15N5O2/c1-13-2-6-15(7-3-13)23-12-17(19(22-23)18-10-11-20-21-18)14-4-8-16(9-5-14)24(25)26/h2-12H,1H3,(H,20,21). The molecule has 0 atom stereocenters. The minimum absolute atomic E-state index is 0.0581. The lowest BCUT2D eigenvalue weighted by atomic mass is 10.0. The lowest BCUT2D eigenvalue weighted by molar-refractivity contribution is -0.384. The van der Waals surface area contributed by atoms with Gasteiger partial charge in [-0.25, -0.2) is 4.68 Å². The number of nitro benzene ring substituents is 1. The number of hydrogen-bond donors (Lipinski definition) is 1. The van der Waals surface area contributed by atoms with E-state index in [0.29, 0.717) is 0 Å². The summed E-state index contributed by atoms with van der Waals surface area (Å²) >= 11 is 0. The fourth-order valence-electron chi connectivity index (χ4n) is 2.76. The molecule has 2 aromatic heterocycles. The van der Waals surface area contributed by atoms with Crippen LogP contribution in [0.5, 0.6) is 0 Å². The first-order valence-corrected chi connectivity index (χ1v) is 8.03. The Morgan fingerprint density at radius 1 is 1.04 bits per heavy atom. The lowest BCUT2D eigenvalue weighted by Crippen LogP contribution is -1.94. The molecule has 2 heterocycles. The summed E-state index contributed by atoms with van der Waals surface area (Å²) in [4.78, 5) is 10.5. The molecule has 0 fully saturated rings. The molecule has 0 unspecified atom stereocenters. The van der Waals surface area contributed by atoms with Crippen molar-refractivity contribution in [1.82, 2.24) is 20.0 Å². The summed E-state index contributed by atoms with van der Waals surface area (Å²) in [6, 6.07) is 16.3. The van der Waals surface area contributed by atoms with E-state index in [2.05, 4.69) is 10.2 Å². The molecule has 0 spiro atoms. The number of nitrogens with zero attached hydrogens (tertiary/aromatic N) is 4. The smallest absolute Gasteiger partial charge is 0.269 e. The monoisotopic (exact) mass is 345 g/mol. The van der Waals surface area contributed by atoms with Crippen LogP contribution in [0.3, 0.4) is 0 Å². The van der Waals surface area contributed by atoms with Crippen molar-refractivity contribution < 1.29 is 4.92 Å². The highest BCUT2D eigenvalue weighted by Crippen LogP contribution is 2.32. The van der Waals surface area contributed by atoms with Gasteiger partial charge in [-0.2, -0.15) is 10.2 Å². The van der Waals surface area contributed by atoms with Crippen molar-refractivity contribution in [2.75, 3.05) is 0 Å². The molecule has 1 N–H and O–H groups in total. The molecule has 7 nitrogen and oxygen atoms in total. The first kappa shape index (κ1) is 15.8. The molecular weight excluding hydrogens is 330 g/mol. The summed E-state index contributed by atoms with van der Waals surface area (Å²) in [6.45, 7) is 2.03. The Morgan fingerprint density at radius 3 is 2.38 bits per heavy atom. The highest BCUT2D eigenvalue weighted by Gasteiger charge is 2.16. The van der Waals surface area contributed by atoms with Gasteiger partial charge in [-0.05, 0) is 42.8 Å². The maximum atomic E-state index is 10.9. The molecular formula is C19H15N5O2. The second-order valence-corrected chi connectivity index (χ2v) is 5.95. The second-order valence-electron chi connectivity index (χ2n) is 5.95. The van der Waals surface area contributed by atoms with Gasteiger partial charge in [0.2, 0.25) is 0 Å². The van der Waals surface area contributed by atoms with Crippen LogP contribution in [0.15, 0.2) is 67.0 Å². The summed E-state index contributed by atoms with van der Waals surface area (Å²) < 4.78 is 1.80. The summed E-state index contributed by atoms with van der Waals surface area (Å²) in [5.41, 5.74) is 5.39. The quantitative estimate of drug-likeness (QED) is 0.444. The Morgan fingerprint density at radius 2 is 1.77 bits per heavy atom. The molecule has 0 bridgehead atoms. The summed E-state index contributed by atoms with van der Waals surface area (Å²) in [5, 5.41) is 22.5. The van der Waals surface area contributed by atoms with Crippen LogP contribution < -0.4 is 0 Å². The number of aromatic amines is 1. The Kier molecular flexibility index (Phi) is 3.81. The number of aryl methyl sites for hydroxylation is 1. The topological polar surface area (TPSA) is 89.6 Å². The second kappa shape index (κ2) is 6.29. The minimum Gasteiger partial charge on any atom is -0.276 e. The van der Waals surface area contributed by atoms with Crippen molar-refractivity contribution in [2.24, 2.45) is 0 Å². The molecule has 0 aliphatic carbocycles. The van der Waals surface area contributed by atoms with E-state index in [1.54, 1.807) is 23.0 Å². The van der Waals surface area contributed by atoms with Gasteiger partial charge in [0, 0.05) is 30.1 Å². The van der Waals surface area contributed by atoms with E-state index in [9.17, 15) is 10.1 Å². The molecule has 0 aliphatic heterocycles. The molecule has 0 radical (unpaired) electrons. The molecule has 128 valence electrons. The molecule has 0 saturated heterocycles. The van der Waals surface area contributed by atoms with E-state index in [4.69, 9.17) is 5.10 Å². The fraction of sp³-hybridized carbons (Fsp3) is 0.0526. The average molecular weight is 345 g/mol. The SMILES string of the molecule is Cc1ccc(-n2cc(-c3ccc([N+](=O)[O-])cc3)c(-c3ccn[nH]3)n2)cc1. The molecule has 7 heteroatoms. The Labute approximate surface area is 149 Å². The van der Waals surface area contributed by atoms with Gasteiger partial charge in [-0.15, -0.1) is 0 Å². The highest BCUT2D eigenvalue weighted by molar-refractivity contribution is 5.79. The van der Waals surface area contributed by atoms with Crippen LogP contribution >= 0.6 is 0 Å². The molecule has 26 heavy (non-hydrogen) atoms. The lowest BCUT2D eigenvalue weighted by Gasteiger charge is -2.01. The van der Waals surface area contributed by atoms with Gasteiger partial charge >= 0.3 is 0 Å². The van der Waals surface area contributed by atoms with E-state index in [1.807, 2.05) is 43.5 Å². The largest absolute Gasteiger partial charge is 0.276 e. The molecule has 0 aliphatic rings. The first-order valence-electron chi connectivity index (χ1n) is 8.03. The summed E-state index contributed by atoms with van der Waals surface area (Å²) in [5.74, 6) is 0. The fourth-order valence-corrected chi connectivity index (χ4v) is 2.76. The zero-order chi connectivity index (χ0) is 18.1. The number of nitro groups is 1. The predicted molar refractivity (Wildman–Crippen MR) is 98.0 cm³/mol. The third kappa shape index (κ3) is 2.86. The van der Waals surface area contributed by atoms with Gasteiger partial charge in [0.05, 0.1) is 16.3 Å². The summed E-state index contributed by atoms with van der Waals surface area (Å²) in [6.07, 6.45) is 3.59. The van der Waals surface area contributed by atoms with Gasteiger partial charge < -0.3 is 0 Å². The Bertz CT molecular complexity index is 1050. The van der Waals surface area contributed by atoms with Crippen molar-refractivity contribution in [3.8, 4) is 28.2 Å². The number of rotatable bonds is 4. The maximum Gasteiger partial charge on any atom is 0.269 e. The third-order valence-corrected chi connectivity index (χ3v) is 4.16. The van der Waals surface area contributed by atoms with Crippen LogP contribution in [0.2, 0.25) is 0 Å². The van der Waals surface area contributed by atoms with Crippen molar-refractivity contribution in [2.45, 2.75) is 6.92 Å². The Balaban J connectivity index is 1.84. The van der Waals surface area contributed by atoms with Gasteiger partial charge in [0.15, 0.2) is 0 Å². The highest BCUT2D eigenvalue weighted by atomic mass is 16.6. The summed E-state index contributed by atoms with van der Waals surface area (Å²) in [7, 11) is 0. The first-order chi connectivity index (χ1) is 12.6. The zero-order valence-corrected chi connectivity index (χ0v) is 14.0. The van der Waals surface area contributed by atoms with Gasteiger partial charge in [0.25, 0.3) is 5.69 Å². The van der Waals surface area contributed by atoms with Crippen molar-refractivity contribution >= 4 is 5.69 Å². The van der Waals surface area contributed by atoms with Gasteiger partial charge in [-0.1, -0.05) is 17.7 Å². The van der Waals surface area contributed by atoms with Crippen LogP contribution in [-0.4, -0.2) is 24.9 Å². The molecule has 4 aromatic rings. The number of nitrogens with one attached hydrogen (secondary N) is 1. The average Bonchev–Trinajstić information content (AvgIpc) is 3.32. The van der Waals surface area contributed by atoms with Crippen LogP contribution in [0.25, 0.3) is 28.2 Å². The van der Waals surface area contributed by atoms with E-state index in [-0.39, 0.29) is 5.69 Å². The van der Waals surface area contributed by atoms with E-state index >= 15 is 0 Å². The molecule has 0 saturated carbocycles. The van der Waals surface area contributed by atoms with E-state index in [0.717, 1.165) is 28.2 Å². The predicted octanol–water partition coefficient (Wildman–Crippen LogP) is 4.15. The van der Waals surface area contributed by atoms with Crippen molar-refractivity contribution in [3.63, 3.8) is 0 Å². The van der Waals surface area contributed by atoms with Crippen LogP contribution in [0, 0.1) is 17.0 Å². The van der Waals surface area contributed by atoms with Crippen molar-refractivity contribution in [1.29, 1.82) is 0 Å². The number of non-ortho nitro benzene ring substituents is 1. The van der Waals surface area contributed by atoms with E-state index < -0.39 is 4.92 Å². The normalized spacial score (nSPS) is 10.8. The zero-order valence-electron chi connectivity index (χ0n) is 14.0. The van der Waals surface area contributed by atoms with Gasteiger partial charge in [-0.3, -0.25) is 15.2 Å². The molecule has 0 amide bonds.